The normalized spacial score (nSPS) is 10.7. The van der Waals surface area contributed by atoms with Crippen LogP contribution in [0.15, 0.2) is 78.9 Å². The van der Waals surface area contributed by atoms with Crippen LogP contribution < -0.4 is 15.0 Å². The molecule has 0 saturated carbocycles. The number of nitrogens with zero attached hydrogens (tertiary/aromatic N) is 2. The summed E-state index contributed by atoms with van der Waals surface area (Å²) < 4.78 is 49.2. The third-order valence-corrected chi connectivity index (χ3v) is 5.08. The summed E-state index contributed by atoms with van der Waals surface area (Å²) in [4.78, 5) is 39.0. The standard InChI is InChI=1S/C27H22F3N3O5/c28-27(29,30)19-8-6-9-20(16-19)32-24(34)17-37-23-13-5-4-12-22(23)26(36)38-18-25(35)33(15-7-14-31)21-10-2-1-3-11-21/h1-6,8-13,16H,7,15,17-18H2,(H,32,34). The maximum absolute atomic E-state index is 12.9. The lowest BCUT2D eigenvalue weighted by Gasteiger charge is -2.21. The van der Waals surface area contributed by atoms with E-state index in [1.807, 2.05) is 6.07 Å². The number of halogens is 3. The minimum Gasteiger partial charge on any atom is -0.483 e. The van der Waals surface area contributed by atoms with Gasteiger partial charge in [-0.25, -0.2) is 4.79 Å². The van der Waals surface area contributed by atoms with Crippen molar-refractivity contribution in [3.8, 4) is 11.8 Å². The van der Waals surface area contributed by atoms with E-state index >= 15 is 0 Å². The Kier molecular flexibility index (Phi) is 9.42. The second-order valence-corrected chi connectivity index (χ2v) is 7.78. The first-order valence-electron chi connectivity index (χ1n) is 11.3. The lowest BCUT2D eigenvalue weighted by molar-refractivity contribution is -0.137. The van der Waals surface area contributed by atoms with E-state index in [1.165, 1.54) is 29.2 Å². The van der Waals surface area contributed by atoms with E-state index in [0.29, 0.717) is 5.69 Å². The van der Waals surface area contributed by atoms with E-state index < -0.39 is 42.7 Å². The van der Waals surface area contributed by atoms with Gasteiger partial charge >= 0.3 is 12.1 Å². The van der Waals surface area contributed by atoms with Crippen LogP contribution in [0.1, 0.15) is 22.3 Å². The van der Waals surface area contributed by atoms with Gasteiger partial charge in [0.1, 0.15) is 11.3 Å². The number of rotatable bonds is 10. The molecule has 0 radical (unpaired) electrons. The molecule has 2 amide bonds. The van der Waals surface area contributed by atoms with Crippen LogP contribution in [-0.4, -0.2) is 37.5 Å². The highest BCUT2D eigenvalue weighted by Crippen LogP contribution is 2.30. The van der Waals surface area contributed by atoms with Crippen molar-refractivity contribution in [2.75, 3.05) is 30.0 Å². The molecule has 3 rings (SSSR count). The van der Waals surface area contributed by atoms with Crippen LogP contribution >= 0.6 is 0 Å². The molecule has 1 N–H and O–H groups in total. The highest BCUT2D eigenvalue weighted by molar-refractivity contribution is 5.98. The minimum atomic E-state index is -4.56. The average molecular weight is 525 g/mol. The Balaban J connectivity index is 1.60. The van der Waals surface area contributed by atoms with Gasteiger partial charge in [-0.2, -0.15) is 18.4 Å². The number of benzene rings is 3. The van der Waals surface area contributed by atoms with Crippen LogP contribution in [0.5, 0.6) is 5.75 Å². The van der Waals surface area contributed by atoms with Crippen LogP contribution in [0.25, 0.3) is 0 Å². The zero-order valence-corrected chi connectivity index (χ0v) is 19.9. The number of carbonyl (C=O) groups excluding carboxylic acids is 3. The topological polar surface area (TPSA) is 109 Å². The molecule has 0 aliphatic rings. The number of alkyl halides is 3. The number of hydrogen-bond acceptors (Lipinski definition) is 6. The number of nitriles is 1. The number of amides is 2. The van der Waals surface area contributed by atoms with E-state index in [4.69, 9.17) is 14.7 Å². The Morgan fingerprint density at radius 2 is 1.63 bits per heavy atom. The second kappa shape index (κ2) is 12.9. The summed E-state index contributed by atoms with van der Waals surface area (Å²) in [5.74, 6) is -2.20. The Labute approximate surface area is 216 Å². The molecule has 0 fully saturated rings. The molecule has 0 atom stereocenters. The molecule has 0 saturated heterocycles. The van der Waals surface area contributed by atoms with E-state index in [2.05, 4.69) is 5.32 Å². The molecule has 3 aromatic carbocycles. The fourth-order valence-electron chi connectivity index (χ4n) is 3.33. The summed E-state index contributed by atoms with van der Waals surface area (Å²) in [6.45, 7) is -1.10. The van der Waals surface area contributed by atoms with Crippen molar-refractivity contribution >= 4 is 29.2 Å². The molecule has 196 valence electrons. The molecule has 3 aromatic rings. The summed E-state index contributed by atoms with van der Waals surface area (Å²) in [6.07, 6.45) is -4.49. The molecule has 8 nitrogen and oxygen atoms in total. The molecule has 0 spiro atoms. The van der Waals surface area contributed by atoms with Crippen molar-refractivity contribution in [3.05, 3.63) is 90.0 Å². The number of nitrogens with one attached hydrogen (secondary N) is 1. The van der Waals surface area contributed by atoms with Gasteiger partial charge in [-0.3, -0.25) is 9.59 Å². The van der Waals surface area contributed by atoms with Crippen molar-refractivity contribution in [3.63, 3.8) is 0 Å². The Hall–Kier alpha value is -4.85. The first kappa shape index (κ1) is 27.7. The molecule has 0 aromatic heterocycles. The number of ether oxygens (including phenoxy) is 2. The average Bonchev–Trinajstić information content (AvgIpc) is 2.91. The molecule has 0 heterocycles. The number of hydrogen-bond donors (Lipinski definition) is 1. The molecular formula is C27H22F3N3O5. The quantitative estimate of drug-likeness (QED) is 0.380. The number of anilines is 2. The zero-order chi connectivity index (χ0) is 27.5. The van der Waals surface area contributed by atoms with Crippen molar-refractivity contribution in [1.29, 1.82) is 5.26 Å². The van der Waals surface area contributed by atoms with Gasteiger partial charge in [-0.1, -0.05) is 36.4 Å². The third-order valence-electron chi connectivity index (χ3n) is 5.08. The lowest BCUT2D eigenvalue weighted by Crippen LogP contribution is -2.35. The molecule has 0 aliphatic carbocycles. The van der Waals surface area contributed by atoms with Gasteiger partial charge in [-0.05, 0) is 42.5 Å². The second-order valence-electron chi connectivity index (χ2n) is 7.78. The van der Waals surface area contributed by atoms with Crippen LogP contribution in [0.4, 0.5) is 24.5 Å². The van der Waals surface area contributed by atoms with E-state index in [-0.39, 0.29) is 30.0 Å². The van der Waals surface area contributed by atoms with E-state index in [9.17, 15) is 27.6 Å². The molecule has 11 heteroatoms. The van der Waals surface area contributed by atoms with Crippen LogP contribution in [-0.2, 0) is 20.5 Å². The summed E-state index contributed by atoms with van der Waals surface area (Å²) in [5, 5.41) is 11.2. The maximum atomic E-state index is 12.9. The molecule has 0 bridgehead atoms. The van der Waals surface area contributed by atoms with Gasteiger partial charge in [0.05, 0.1) is 18.1 Å². The Morgan fingerprint density at radius 3 is 2.34 bits per heavy atom. The monoisotopic (exact) mass is 525 g/mol. The van der Waals surface area contributed by atoms with Crippen LogP contribution in [0.3, 0.4) is 0 Å². The van der Waals surface area contributed by atoms with Crippen molar-refractivity contribution in [2.45, 2.75) is 12.6 Å². The highest BCUT2D eigenvalue weighted by Gasteiger charge is 2.30. The number of esters is 1. The summed E-state index contributed by atoms with van der Waals surface area (Å²) >= 11 is 0. The van der Waals surface area contributed by atoms with E-state index in [1.54, 1.807) is 36.4 Å². The Morgan fingerprint density at radius 1 is 0.921 bits per heavy atom. The van der Waals surface area contributed by atoms with Gasteiger partial charge in [0.2, 0.25) is 0 Å². The smallest absolute Gasteiger partial charge is 0.416 e. The highest BCUT2D eigenvalue weighted by atomic mass is 19.4. The first-order chi connectivity index (χ1) is 18.2. The molecule has 0 aliphatic heterocycles. The van der Waals surface area contributed by atoms with Crippen LogP contribution in [0, 0.1) is 11.3 Å². The summed E-state index contributed by atoms with van der Waals surface area (Å²) in [6, 6.07) is 20.5. The van der Waals surface area contributed by atoms with Crippen LogP contribution in [0.2, 0.25) is 0 Å². The van der Waals surface area contributed by atoms with Gasteiger partial charge in [-0.15, -0.1) is 0 Å². The molecule has 0 unspecified atom stereocenters. The van der Waals surface area contributed by atoms with Gasteiger partial charge in [0.15, 0.2) is 13.2 Å². The maximum Gasteiger partial charge on any atom is 0.416 e. The van der Waals surface area contributed by atoms with Gasteiger partial charge in [0.25, 0.3) is 11.8 Å². The number of para-hydroxylation sites is 2. The predicted octanol–water partition coefficient (Wildman–Crippen LogP) is 4.83. The lowest BCUT2D eigenvalue weighted by atomic mass is 10.2. The fourth-order valence-corrected chi connectivity index (χ4v) is 3.33. The van der Waals surface area contributed by atoms with Crippen molar-refractivity contribution < 1.29 is 37.0 Å². The van der Waals surface area contributed by atoms with Gasteiger partial charge < -0.3 is 19.7 Å². The zero-order valence-electron chi connectivity index (χ0n) is 19.9. The van der Waals surface area contributed by atoms with Gasteiger partial charge in [0, 0.05) is 17.9 Å². The Bertz CT molecular complexity index is 1320. The summed E-state index contributed by atoms with van der Waals surface area (Å²) in [5.41, 5.74) is -0.508. The number of carbonyl (C=O) groups is 3. The predicted molar refractivity (Wildman–Crippen MR) is 131 cm³/mol. The third kappa shape index (κ3) is 7.83. The van der Waals surface area contributed by atoms with E-state index in [0.717, 1.165) is 18.2 Å². The first-order valence-corrected chi connectivity index (χ1v) is 11.3. The molecule has 38 heavy (non-hydrogen) atoms. The largest absolute Gasteiger partial charge is 0.483 e. The fraction of sp³-hybridized carbons (Fsp3) is 0.185. The van der Waals surface area contributed by atoms with Crippen molar-refractivity contribution in [1.82, 2.24) is 0 Å². The molecular weight excluding hydrogens is 503 g/mol. The van der Waals surface area contributed by atoms with Crippen molar-refractivity contribution in [2.24, 2.45) is 0 Å². The summed E-state index contributed by atoms with van der Waals surface area (Å²) in [7, 11) is 0. The SMILES string of the molecule is N#CCCN(C(=O)COC(=O)c1ccccc1OCC(=O)Nc1cccc(C(F)(F)F)c1)c1ccccc1. The minimum absolute atomic E-state index is 0.0199.